The molecular formula is C31H23Br2NO7. The minimum atomic E-state index is -0.823. The Morgan fingerprint density at radius 2 is 1.73 bits per heavy atom. The maximum absolute atomic E-state index is 14.0. The summed E-state index contributed by atoms with van der Waals surface area (Å²) in [5.74, 6) is -4.38. The minimum Gasteiger partial charge on any atom is -0.504 e. The van der Waals surface area contributed by atoms with Crippen molar-refractivity contribution < 1.29 is 33.8 Å². The summed E-state index contributed by atoms with van der Waals surface area (Å²) >= 11 is 6.67. The van der Waals surface area contributed by atoms with Crippen LogP contribution < -0.4 is 9.64 Å². The Hall–Kier alpha value is -3.63. The summed E-state index contributed by atoms with van der Waals surface area (Å²) in [6, 6.07) is 9.60. The third-order valence-corrected chi connectivity index (χ3v) is 9.51. The SMILES string of the molecule is COc1cc(Br)cc([C@H]2C3=CC[C@@H]4C(=O)N(c5ccc(C(C)=O)cc5)C(=O)[C@@H]4[C@@H]3CC3=C2C(=O)C=C(Br)C3=O)c1O. The number of amides is 2. The molecule has 1 N–H and O–H groups in total. The summed E-state index contributed by atoms with van der Waals surface area (Å²) in [6.07, 6.45) is 3.49. The summed E-state index contributed by atoms with van der Waals surface area (Å²) in [4.78, 5) is 67.4. The first-order valence-electron chi connectivity index (χ1n) is 13.0. The molecule has 4 aliphatic rings. The van der Waals surface area contributed by atoms with Crippen LogP contribution in [0.2, 0.25) is 0 Å². The van der Waals surface area contributed by atoms with Crippen LogP contribution in [0.25, 0.3) is 0 Å². The van der Waals surface area contributed by atoms with Gasteiger partial charge in [-0.1, -0.05) is 27.6 Å². The molecule has 4 atom stereocenters. The number of methoxy groups -OCH3 is 1. The van der Waals surface area contributed by atoms with Gasteiger partial charge in [0.25, 0.3) is 0 Å². The summed E-state index contributed by atoms with van der Waals surface area (Å²) in [5, 5.41) is 11.2. The van der Waals surface area contributed by atoms with Gasteiger partial charge in [0.1, 0.15) is 0 Å². The van der Waals surface area contributed by atoms with Crippen molar-refractivity contribution in [2.24, 2.45) is 17.8 Å². The van der Waals surface area contributed by atoms with E-state index in [2.05, 4.69) is 31.9 Å². The zero-order valence-electron chi connectivity index (χ0n) is 21.9. The Morgan fingerprint density at radius 3 is 2.39 bits per heavy atom. The minimum absolute atomic E-state index is 0.106. The highest BCUT2D eigenvalue weighted by atomic mass is 79.9. The second-order valence-corrected chi connectivity index (χ2v) is 12.3. The van der Waals surface area contributed by atoms with Gasteiger partial charge in [0.15, 0.2) is 28.8 Å². The number of phenols is 1. The van der Waals surface area contributed by atoms with E-state index < -0.39 is 29.6 Å². The quantitative estimate of drug-likeness (QED) is 0.201. The molecule has 208 valence electrons. The van der Waals surface area contributed by atoms with Crippen molar-refractivity contribution in [2.75, 3.05) is 12.0 Å². The number of hydrogen-bond acceptors (Lipinski definition) is 7. The largest absolute Gasteiger partial charge is 0.504 e. The van der Waals surface area contributed by atoms with E-state index in [0.717, 1.165) is 4.90 Å². The Labute approximate surface area is 252 Å². The molecule has 1 fully saturated rings. The van der Waals surface area contributed by atoms with Crippen LogP contribution in [0.15, 0.2) is 74.2 Å². The van der Waals surface area contributed by atoms with Gasteiger partial charge in [0, 0.05) is 38.7 Å². The van der Waals surface area contributed by atoms with Crippen molar-refractivity contribution in [1.82, 2.24) is 0 Å². The molecule has 1 aliphatic heterocycles. The number of nitrogens with zero attached hydrogens (tertiary/aromatic N) is 1. The van der Waals surface area contributed by atoms with Crippen LogP contribution >= 0.6 is 31.9 Å². The first-order chi connectivity index (χ1) is 19.5. The van der Waals surface area contributed by atoms with E-state index in [1.54, 1.807) is 36.4 Å². The highest BCUT2D eigenvalue weighted by molar-refractivity contribution is 9.12. The van der Waals surface area contributed by atoms with Gasteiger partial charge in [0.05, 0.1) is 29.1 Å². The van der Waals surface area contributed by atoms with Crippen LogP contribution in [0.3, 0.4) is 0 Å². The van der Waals surface area contributed by atoms with Crippen LogP contribution in [0.4, 0.5) is 5.69 Å². The van der Waals surface area contributed by atoms with Crippen LogP contribution in [0, 0.1) is 17.8 Å². The van der Waals surface area contributed by atoms with E-state index in [0.29, 0.717) is 26.9 Å². The summed E-state index contributed by atoms with van der Waals surface area (Å²) in [5.41, 5.74) is 2.43. The number of phenolic OH excluding ortho intramolecular Hbond substituents is 1. The fourth-order valence-electron chi connectivity index (χ4n) is 6.63. The molecule has 3 aliphatic carbocycles. The number of hydrogen-bond donors (Lipinski definition) is 1. The number of imide groups is 1. The molecule has 2 amide bonds. The second kappa shape index (κ2) is 10.0. The first-order valence-corrected chi connectivity index (χ1v) is 14.6. The number of Topliss-reactive ketones (excluding diaryl/α,β-unsaturated/α-hetero) is 2. The molecule has 0 radical (unpaired) electrons. The number of rotatable bonds is 4. The number of benzene rings is 2. The van der Waals surface area contributed by atoms with Crippen molar-refractivity contribution in [1.29, 1.82) is 0 Å². The lowest BCUT2D eigenvalue weighted by Gasteiger charge is -2.42. The number of carbonyl (C=O) groups is 5. The lowest BCUT2D eigenvalue weighted by atomic mass is 9.59. The highest BCUT2D eigenvalue weighted by Gasteiger charge is 2.57. The topological polar surface area (TPSA) is 118 Å². The molecule has 6 rings (SSSR count). The molecule has 0 spiro atoms. The number of fused-ring (bicyclic) bond motifs is 3. The van der Waals surface area contributed by atoms with E-state index in [4.69, 9.17) is 4.74 Å². The fraction of sp³-hybridized carbons (Fsp3) is 0.258. The molecular weight excluding hydrogens is 658 g/mol. The highest BCUT2D eigenvalue weighted by Crippen LogP contribution is 2.57. The Kier molecular flexibility index (Phi) is 6.73. The summed E-state index contributed by atoms with van der Waals surface area (Å²) in [6.45, 7) is 1.44. The average molecular weight is 681 g/mol. The number of halogens is 2. The monoisotopic (exact) mass is 679 g/mol. The maximum Gasteiger partial charge on any atom is 0.238 e. The zero-order chi connectivity index (χ0) is 29.3. The van der Waals surface area contributed by atoms with Crippen LogP contribution in [0.1, 0.15) is 41.6 Å². The molecule has 0 aromatic heterocycles. The number of aromatic hydroxyl groups is 1. The van der Waals surface area contributed by atoms with E-state index in [1.165, 1.54) is 20.1 Å². The first kappa shape index (κ1) is 27.5. The molecule has 0 saturated carbocycles. The number of ether oxygens (including phenoxy) is 1. The molecule has 41 heavy (non-hydrogen) atoms. The van der Waals surface area contributed by atoms with E-state index in [1.807, 2.05) is 6.08 Å². The normalized spacial score (nSPS) is 25.4. The van der Waals surface area contributed by atoms with Crippen LogP contribution in [0.5, 0.6) is 11.5 Å². The summed E-state index contributed by atoms with van der Waals surface area (Å²) < 4.78 is 6.09. The number of ketones is 3. The van der Waals surface area contributed by atoms with Gasteiger partial charge in [0.2, 0.25) is 11.8 Å². The van der Waals surface area contributed by atoms with Gasteiger partial charge in [-0.05, 0) is 78.0 Å². The van der Waals surface area contributed by atoms with Crippen molar-refractivity contribution in [3.63, 3.8) is 0 Å². The molecule has 2 aromatic carbocycles. The lowest BCUT2D eigenvalue weighted by Crippen LogP contribution is -2.39. The van der Waals surface area contributed by atoms with Crippen LogP contribution in [-0.2, 0) is 19.2 Å². The Bertz CT molecular complexity index is 1680. The van der Waals surface area contributed by atoms with Crippen LogP contribution in [-0.4, -0.2) is 41.4 Å². The smallest absolute Gasteiger partial charge is 0.238 e. The standard InChI is InChI=1S/C31H23Br2NO7/c1-13(35)14-3-5-16(6-4-14)34-30(39)18-8-7-17-19(26(18)31(34)40)11-21-27(23(36)12-22(33)28(21)37)25(17)20-9-15(32)10-24(41-2)29(20)38/h3-7,9-10,12,18-19,25-26,38H,8,11H2,1-2H3/t18-,19+,25+,26-/m0/s1. The molecule has 1 heterocycles. The zero-order valence-corrected chi connectivity index (χ0v) is 25.1. The van der Waals surface area contributed by atoms with Crippen molar-refractivity contribution in [2.45, 2.75) is 25.7 Å². The van der Waals surface area contributed by atoms with Crippen molar-refractivity contribution in [3.05, 3.63) is 85.4 Å². The molecule has 2 aromatic rings. The second-order valence-electron chi connectivity index (χ2n) is 10.6. The predicted octanol–water partition coefficient (Wildman–Crippen LogP) is 5.33. The Balaban J connectivity index is 1.49. The number of carbonyl (C=O) groups excluding carboxylic acids is 5. The van der Waals surface area contributed by atoms with Crippen molar-refractivity contribution >= 4 is 66.7 Å². The molecule has 1 saturated heterocycles. The fourth-order valence-corrected chi connectivity index (χ4v) is 7.53. The van der Waals surface area contributed by atoms with Gasteiger partial charge in [-0.15, -0.1) is 0 Å². The molecule has 8 nitrogen and oxygen atoms in total. The van der Waals surface area contributed by atoms with Gasteiger partial charge >= 0.3 is 0 Å². The molecule has 0 unspecified atom stereocenters. The number of allylic oxidation sites excluding steroid dienone is 6. The van der Waals surface area contributed by atoms with E-state index in [-0.39, 0.29) is 63.2 Å². The van der Waals surface area contributed by atoms with Gasteiger partial charge in [-0.25, -0.2) is 0 Å². The predicted molar refractivity (Wildman–Crippen MR) is 156 cm³/mol. The third-order valence-electron chi connectivity index (χ3n) is 8.46. The third kappa shape index (κ3) is 4.18. The Morgan fingerprint density at radius 1 is 1.02 bits per heavy atom. The summed E-state index contributed by atoms with van der Waals surface area (Å²) in [7, 11) is 1.42. The van der Waals surface area contributed by atoms with Gasteiger partial charge in [-0.2, -0.15) is 0 Å². The number of anilines is 1. The maximum atomic E-state index is 14.0. The average Bonchev–Trinajstić information content (AvgIpc) is 3.21. The van der Waals surface area contributed by atoms with Gasteiger partial charge in [-0.3, -0.25) is 28.9 Å². The van der Waals surface area contributed by atoms with Gasteiger partial charge < -0.3 is 9.84 Å². The van der Waals surface area contributed by atoms with E-state index in [9.17, 15) is 29.1 Å². The van der Waals surface area contributed by atoms with E-state index >= 15 is 0 Å². The molecule has 0 bridgehead atoms. The van der Waals surface area contributed by atoms with Crippen molar-refractivity contribution in [3.8, 4) is 11.5 Å². The lowest BCUT2D eigenvalue weighted by molar-refractivity contribution is -0.123. The molecule has 10 heteroatoms.